The Labute approximate surface area is 164 Å². The van der Waals surface area contributed by atoms with E-state index in [0.717, 1.165) is 11.1 Å². The van der Waals surface area contributed by atoms with Gasteiger partial charge in [-0.05, 0) is 23.3 Å². The highest BCUT2D eigenvalue weighted by molar-refractivity contribution is 7.98. The Kier molecular flexibility index (Phi) is 4.83. The minimum Gasteiger partial charge on any atom is -0.506 e. The summed E-state index contributed by atoms with van der Waals surface area (Å²) in [4.78, 5) is 23.3. The van der Waals surface area contributed by atoms with E-state index in [-0.39, 0.29) is 10.6 Å². The lowest BCUT2D eigenvalue weighted by molar-refractivity contribution is -0.139. The van der Waals surface area contributed by atoms with E-state index in [1.54, 1.807) is 18.2 Å². The maximum absolute atomic E-state index is 12.5. The molecule has 6 nitrogen and oxygen atoms in total. The Morgan fingerprint density at radius 1 is 1.18 bits per heavy atom. The Bertz CT molecular complexity index is 1100. The van der Waals surface area contributed by atoms with Gasteiger partial charge in [0.25, 0.3) is 0 Å². The highest BCUT2D eigenvalue weighted by atomic mass is 32.2. The number of benzene rings is 2. The molecule has 142 valence electrons. The fourth-order valence-corrected chi connectivity index (χ4v) is 4.05. The molecule has 0 amide bonds. The van der Waals surface area contributed by atoms with Crippen molar-refractivity contribution in [3.05, 3.63) is 75.6 Å². The molecule has 0 bridgehead atoms. The van der Waals surface area contributed by atoms with Crippen LogP contribution in [0.1, 0.15) is 16.7 Å². The normalized spacial score (nSPS) is 11.7. The highest BCUT2D eigenvalue weighted by Crippen LogP contribution is 2.44. The van der Waals surface area contributed by atoms with Crippen molar-refractivity contribution in [1.29, 1.82) is 0 Å². The molecule has 2 aromatic carbocycles. The van der Waals surface area contributed by atoms with E-state index in [4.69, 9.17) is 14.3 Å². The van der Waals surface area contributed by atoms with Crippen molar-refractivity contribution in [2.75, 3.05) is 6.61 Å². The van der Waals surface area contributed by atoms with Gasteiger partial charge in [0.05, 0.1) is 0 Å². The van der Waals surface area contributed by atoms with Crippen molar-refractivity contribution in [2.45, 2.75) is 17.1 Å². The lowest BCUT2D eigenvalue weighted by Gasteiger charge is -2.08. The van der Waals surface area contributed by atoms with Gasteiger partial charge in [-0.1, -0.05) is 36.4 Å². The summed E-state index contributed by atoms with van der Waals surface area (Å²) in [5, 5.41) is 19.4. The van der Waals surface area contributed by atoms with Crippen molar-refractivity contribution in [3.63, 3.8) is 0 Å². The number of carboxylic acids is 1. The van der Waals surface area contributed by atoms with Crippen molar-refractivity contribution in [2.24, 2.45) is 0 Å². The molecule has 1 heterocycles. The second kappa shape index (κ2) is 7.44. The first kappa shape index (κ1) is 18.2. The molecule has 0 spiro atoms. The molecule has 0 aliphatic heterocycles. The molecule has 4 rings (SSSR count). The molecule has 0 saturated heterocycles. The summed E-state index contributed by atoms with van der Waals surface area (Å²) in [6.07, 6.45) is 0.429. The molecule has 0 fully saturated rings. The number of fused-ring (bicyclic) bond motifs is 3. The van der Waals surface area contributed by atoms with Crippen LogP contribution in [0.2, 0.25) is 0 Å². The van der Waals surface area contributed by atoms with Crippen molar-refractivity contribution < 1.29 is 24.2 Å². The Balaban J connectivity index is 1.64. The van der Waals surface area contributed by atoms with E-state index in [9.17, 15) is 14.7 Å². The zero-order chi connectivity index (χ0) is 19.7. The Morgan fingerprint density at radius 2 is 1.96 bits per heavy atom. The van der Waals surface area contributed by atoms with Gasteiger partial charge >= 0.3 is 11.6 Å². The average Bonchev–Trinajstić information content (AvgIpc) is 3.05. The molecule has 0 atom stereocenters. The van der Waals surface area contributed by atoms with Crippen LogP contribution in [-0.4, -0.2) is 22.8 Å². The zero-order valence-electron chi connectivity index (χ0n) is 14.7. The lowest BCUT2D eigenvalue weighted by atomic mass is 10.1. The summed E-state index contributed by atoms with van der Waals surface area (Å²) >= 11 is 1.24. The largest absolute Gasteiger partial charge is 0.506 e. The molecule has 1 aromatic heterocycles. The monoisotopic (exact) mass is 396 g/mol. The van der Waals surface area contributed by atoms with Crippen LogP contribution in [0.25, 0.3) is 11.3 Å². The van der Waals surface area contributed by atoms with E-state index < -0.39 is 18.2 Å². The Hall–Kier alpha value is -3.19. The summed E-state index contributed by atoms with van der Waals surface area (Å²) in [5.74, 6) is 0.0699. The summed E-state index contributed by atoms with van der Waals surface area (Å²) in [7, 11) is 0. The minimum absolute atomic E-state index is 0.0589. The molecular formula is C21H16O6S. The van der Waals surface area contributed by atoms with Crippen LogP contribution in [-0.2, 0) is 17.0 Å². The van der Waals surface area contributed by atoms with Crippen LogP contribution in [0, 0.1) is 0 Å². The summed E-state index contributed by atoms with van der Waals surface area (Å²) in [5.41, 5.74) is 2.50. The molecular weight excluding hydrogens is 380 g/mol. The van der Waals surface area contributed by atoms with Gasteiger partial charge in [-0.25, -0.2) is 9.59 Å². The van der Waals surface area contributed by atoms with Crippen LogP contribution in [0.15, 0.2) is 62.6 Å². The second-order valence-corrected chi connectivity index (χ2v) is 7.31. The first-order valence-corrected chi connectivity index (χ1v) is 9.55. The molecule has 3 aromatic rings. The number of hydrogen-bond acceptors (Lipinski definition) is 6. The number of aliphatic carboxylic acids is 1. The minimum atomic E-state index is -1.08. The van der Waals surface area contributed by atoms with E-state index in [1.165, 1.54) is 11.8 Å². The Morgan fingerprint density at radius 3 is 2.71 bits per heavy atom. The summed E-state index contributed by atoms with van der Waals surface area (Å²) in [6, 6.07) is 14.7. The van der Waals surface area contributed by atoms with Crippen molar-refractivity contribution >= 4 is 17.7 Å². The number of hydrogen-bond donors (Lipinski definition) is 2. The van der Waals surface area contributed by atoms with Gasteiger partial charge in [0.2, 0.25) is 0 Å². The third kappa shape index (κ3) is 3.48. The van der Waals surface area contributed by atoms with E-state index in [0.29, 0.717) is 34.8 Å². The van der Waals surface area contributed by atoms with Gasteiger partial charge < -0.3 is 19.4 Å². The number of thioether (sulfide) groups is 1. The standard InChI is InChI=1S/C21H16O6S/c22-17(23)10-26-14-7-6-13-8-16-18(24)20(21(25)27-19(16)15(13)9-14)28-11-12-4-2-1-3-5-12/h1-7,9,24H,8,10-11H2,(H,22,23). The predicted octanol–water partition coefficient (Wildman–Crippen LogP) is 3.67. The number of rotatable bonds is 6. The van der Waals surface area contributed by atoms with Gasteiger partial charge in [0, 0.05) is 23.3 Å². The van der Waals surface area contributed by atoms with Crippen LogP contribution in [0.4, 0.5) is 0 Å². The highest BCUT2D eigenvalue weighted by Gasteiger charge is 2.28. The number of ether oxygens (including phenoxy) is 1. The first-order valence-electron chi connectivity index (χ1n) is 8.56. The summed E-state index contributed by atoms with van der Waals surface area (Å²) in [6.45, 7) is -0.462. The van der Waals surface area contributed by atoms with Crippen LogP contribution >= 0.6 is 11.8 Å². The number of carboxylic acid groups (broad SMARTS) is 1. The molecule has 1 aliphatic carbocycles. The fraction of sp³-hybridized carbons (Fsp3) is 0.143. The molecule has 1 aliphatic rings. The van der Waals surface area contributed by atoms with Crippen LogP contribution in [0.3, 0.4) is 0 Å². The molecule has 2 N–H and O–H groups in total. The van der Waals surface area contributed by atoms with E-state index in [1.807, 2.05) is 30.3 Å². The number of aromatic hydroxyl groups is 1. The third-order valence-corrected chi connectivity index (χ3v) is 5.56. The van der Waals surface area contributed by atoms with Gasteiger partial charge in [0.1, 0.15) is 22.2 Å². The molecule has 28 heavy (non-hydrogen) atoms. The van der Waals surface area contributed by atoms with Gasteiger partial charge in [-0.2, -0.15) is 0 Å². The van der Waals surface area contributed by atoms with Gasteiger partial charge in [0.15, 0.2) is 6.61 Å². The van der Waals surface area contributed by atoms with E-state index >= 15 is 0 Å². The van der Waals surface area contributed by atoms with Crippen LogP contribution < -0.4 is 10.4 Å². The van der Waals surface area contributed by atoms with E-state index in [2.05, 4.69) is 0 Å². The molecule has 0 radical (unpaired) electrons. The molecule has 0 unspecified atom stereocenters. The molecule has 7 heteroatoms. The topological polar surface area (TPSA) is 97.0 Å². The first-order chi connectivity index (χ1) is 13.5. The third-order valence-electron chi connectivity index (χ3n) is 4.44. The maximum Gasteiger partial charge on any atom is 0.353 e. The molecule has 0 saturated carbocycles. The SMILES string of the molecule is O=C(O)COc1ccc2c(c1)-c1oc(=O)c(SCc3ccccc3)c(O)c1C2. The quantitative estimate of drug-likeness (QED) is 0.480. The zero-order valence-corrected chi connectivity index (χ0v) is 15.5. The predicted molar refractivity (Wildman–Crippen MR) is 104 cm³/mol. The fourth-order valence-electron chi connectivity index (χ4n) is 3.13. The van der Waals surface area contributed by atoms with Crippen molar-refractivity contribution in [1.82, 2.24) is 0 Å². The smallest absolute Gasteiger partial charge is 0.353 e. The average molecular weight is 396 g/mol. The second-order valence-electron chi connectivity index (χ2n) is 6.33. The maximum atomic E-state index is 12.5. The van der Waals surface area contributed by atoms with Crippen molar-refractivity contribution in [3.8, 4) is 22.8 Å². The summed E-state index contributed by atoms with van der Waals surface area (Å²) < 4.78 is 10.7. The van der Waals surface area contributed by atoms with Crippen LogP contribution in [0.5, 0.6) is 11.5 Å². The number of carbonyl (C=O) groups is 1. The van der Waals surface area contributed by atoms with Gasteiger partial charge in [-0.15, -0.1) is 11.8 Å². The van der Waals surface area contributed by atoms with Gasteiger partial charge in [-0.3, -0.25) is 0 Å². The lowest BCUT2D eigenvalue weighted by Crippen LogP contribution is -2.09.